The Kier molecular flexibility index (Phi) is 6.95. The second-order valence-electron chi connectivity index (χ2n) is 5.87. The SMILES string of the molecule is COC(=O)[C@@H](O)[C@H](O)[C@@H](NC(=O)OC(C)(C)C)C(C)C. The molecule has 0 aliphatic heterocycles. The quantitative estimate of drug-likeness (QED) is 0.634. The van der Waals surface area contributed by atoms with Crippen molar-refractivity contribution >= 4 is 12.1 Å². The van der Waals surface area contributed by atoms with Crippen LogP contribution in [-0.4, -0.2) is 53.2 Å². The van der Waals surface area contributed by atoms with E-state index in [9.17, 15) is 19.8 Å². The normalized spacial score (nSPS) is 16.2. The number of hydrogen-bond acceptors (Lipinski definition) is 6. The van der Waals surface area contributed by atoms with Gasteiger partial charge in [0.1, 0.15) is 11.7 Å². The van der Waals surface area contributed by atoms with E-state index in [1.54, 1.807) is 34.6 Å². The van der Waals surface area contributed by atoms with Crippen LogP contribution in [0.25, 0.3) is 0 Å². The molecular formula is C13H25NO6. The zero-order valence-corrected chi connectivity index (χ0v) is 12.8. The molecule has 0 aliphatic carbocycles. The van der Waals surface area contributed by atoms with Crippen LogP contribution in [0, 0.1) is 5.92 Å². The van der Waals surface area contributed by atoms with Gasteiger partial charge >= 0.3 is 12.1 Å². The summed E-state index contributed by atoms with van der Waals surface area (Å²) in [6.45, 7) is 8.58. The molecule has 20 heavy (non-hydrogen) atoms. The van der Waals surface area contributed by atoms with E-state index >= 15 is 0 Å². The minimum atomic E-state index is -1.73. The highest BCUT2D eigenvalue weighted by Gasteiger charge is 2.35. The zero-order valence-electron chi connectivity index (χ0n) is 12.8. The third-order valence-electron chi connectivity index (χ3n) is 2.54. The monoisotopic (exact) mass is 291 g/mol. The Morgan fingerprint density at radius 3 is 2.00 bits per heavy atom. The molecule has 7 heteroatoms. The van der Waals surface area contributed by atoms with Crippen molar-refractivity contribution in [2.24, 2.45) is 5.92 Å². The van der Waals surface area contributed by atoms with Crippen LogP contribution >= 0.6 is 0 Å². The van der Waals surface area contributed by atoms with Crippen LogP contribution < -0.4 is 5.32 Å². The lowest BCUT2D eigenvalue weighted by Gasteiger charge is -2.30. The number of alkyl carbamates (subject to hydrolysis) is 1. The van der Waals surface area contributed by atoms with Crippen molar-refractivity contribution in [3.8, 4) is 0 Å². The summed E-state index contributed by atoms with van der Waals surface area (Å²) in [5.74, 6) is -1.19. The van der Waals surface area contributed by atoms with Gasteiger partial charge in [0.25, 0.3) is 0 Å². The molecule has 0 saturated heterocycles. The van der Waals surface area contributed by atoms with E-state index in [1.165, 1.54) is 0 Å². The molecule has 0 bridgehead atoms. The Bertz CT molecular complexity index is 336. The van der Waals surface area contributed by atoms with Crippen molar-refractivity contribution < 1.29 is 29.3 Å². The standard InChI is InChI=1S/C13H25NO6/c1-7(2)8(9(15)10(16)11(17)19-6)14-12(18)20-13(3,4)5/h7-10,15-16H,1-6H3,(H,14,18)/t8-,9+,10-/m0/s1. The first-order valence-electron chi connectivity index (χ1n) is 6.43. The smallest absolute Gasteiger partial charge is 0.407 e. The van der Waals surface area contributed by atoms with Gasteiger partial charge in [0.15, 0.2) is 6.10 Å². The van der Waals surface area contributed by atoms with Gasteiger partial charge in [-0.2, -0.15) is 0 Å². The fourth-order valence-electron chi connectivity index (χ4n) is 1.55. The second-order valence-corrected chi connectivity index (χ2v) is 5.87. The van der Waals surface area contributed by atoms with Crippen molar-refractivity contribution in [2.75, 3.05) is 7.11 Å². The molecule has 118 valence electrons. The Morgan fingerprint density at radius 2 is 1.65 bits per heavy atom. The van der Waals surface area contributed by atoms with Crippen molar-refractivity contribution in [1.29, 1.82) is 0 Å². The maximum Gasteiger partial charge on any atom is 0.407 e. The summed E-state index contributed by atoms with van der Waals surface area (Å²) in [5.41, 5.74) is -0.683. The van der Waals surface area contributed by atoms with Crippen LogP contribution in [0.1, 0.15) is 34.6 Å². The fraction of sp³-hybridized carbons (Fsp3) is 0.846. The lowest BCUT2D eigenvalue weighted by atomic mass is 9.95. The predicted octanol–water partition coefficient (Wildman–Crippen LogP) is 0.430. The maximum atomic E-state index is 11.7. The molecular weight excluding hydrogens is 266 g/mol. The molecule has 0 aromatic rings. The summed E-state index contributed by atoms with van der Waals surface area (Å²) < 4.78 is 9.43. The first kappa shape index (κ1) is 18.7. The number of methoxy groups -OCH3 is 1. The van der Waals surface area contributed by atoms with Gasteiger partial charge in [-0.15, -0.1) is 0 Å². The molecule has 0 rings (SSSR count). The number of aliphatic hydroxyl groups is 2. The van der Waals surface area contributed by atoms with Crippen molar-refractivity contribution in [1.82, 2.24) is 5.32 Å². The topological polar surface area (TPSA) is 105 Å². The Labute approximate surface area is 119 Å². The fourth-order valence-corrected chi connectivity index (χ4v) is 1.55. The van der Waals surface area contributed by atoms with E-state index in [0.29, 0.717) is 0 Å². The van der Waals surface area contributed by atoms with Crippen LogP contribution in [0.2, 0.25) is 0 Å². The molecule has 3 atom stereocenters. The Morgan fingerprint density at radius 1 is 1.15 bits per heavy atom. The highest BCUT2D eigenvalue weighted by Crippen LogP contribution is 2.13. The number of nitrogens with one attached hydrogen (secondary N) is 1. The van der Waals surface area contributed by atoms with Crippen LogP contribution in [0.5, 0.6) is 0 Å². The third-order valence-corrected chi connectivity index (χ3v) is 2.54. The van der Waals surface area contributed by atoms with Gasteiger partial charge in [0.05, 0.1) is 13.2 Å². The lowest BCUT2D eigenvalue weighted by Crippen LogP contribution is -2.54. The predicted molar refractivity (Wildman–Crippen MR) is 72.0 cm³/mol. The highest BCUT2D eigenvalue weighted by molar-refractivity contribution is 5.75. The number of carbonyl (C=O) groups excluding carboxylic acids is 2. The highest BCUT2D eigenvalue weighted by atomic mass is 16.6. The summed E-state index contributed by atoms with van der Waals surface area (Å²) in [6, 6.07) is -0.848. The average Bonchev–Trinajstić information content (AvgIpc) is 2.30. The molecule has 0 spiro atoms. The van der Waals surface area contributed by atoms with Gasteiger partial charge in [-0.05, 0) is 26.7 Å². The summed E-state index contributed by atoms with van der Waals surface area (Å²) in [4.78, 5) is 22.9. The van der Waals surface area contributed by atoms with Crippen LogP contribution in [-0.2, 0) is 14.3 Å². The van der Waals surface area contributed by atoms with E-state index in [2.05, 4.69) is 10.1 Å². The Balaban J connectivity index is 4.81. The van der Waals surface area contributed by atoms with E-state index in [0.717, 1.165) is 7.11 Å². The first-order chi connectivity index (χ1) is 8.99. The summed E-state index contributed by atoms with van der Waals surface area (Å²) in [6.07, 6.45) is -3.95. The largest absolute Gasteiger partial charge is 0.467 e. The van der Waals surface area contributed by atoms with Gasteiger partial charge in [-0.25, -0.2) is 9.59 Å². The van der Waals surface area contributed by atoms with E-state index in [-0.39, 0.29) is 5.92 Å². The number of esters is 1. The number of hydrogen-bond donors (Lipinski definition) is 3. The molecule has 0 heterocycles. The molecule has 0 saturated carbocycles. The molecule has 0 fully saturated rings. The molecule has 0 radical (unpaired) electrons. The first-order valence-corrected chi connectivity index (χ1v) is 6.43. The number of rotatable bonds is 5. The van der Waals surface area contributed by atoms with Gasteiger partial charge < -0.3 is 25.0 Å². The minimum absolute atomic E-state index is 0.225. The zero-order chi connectivity index (χ0) is 16.1. The lowest BCUT2D eigenvalue weighted by molar-refractivity contribution is -0.158. The summed E-state index contributed by atoms with van der Waals surface area (Å²) in [7, 11) is 1.10. The molecule has 0 unspecified atom stereocenters. The average molecular weight is 291 g/mol. The van der Waals surface area contributed by atoms with Crippen LogP contribution in [0.4, 0.5) is 4.79 Å². The van der Waals surface area contributed by atoms with Crippen LogP contribution in [0.3, 0.4) is 0 Å². The van der Waals surface area contributed by atoms with Crippen molar-refractivity contribution in [2.45, 2.75) is 58.5 Å². The van der Waals surface area contributed by atoms with Gasteiger partial charge in [-0.1, -0.05) is 13.8 Å². The maximum absolute atomic E-state index is 11.7. The van der Waals surface area contributed by atoms with Gasteiger partial charge in [0.2, 0.25) is 0 Å². The molecule has 1 amide bonds. The minimum Gasteiger partial charge on any atom is -0.467 e. The summed E-state index contributed by atoms with van der Waals surface area (Å²) >= 11 is 0. The van der Waals surface area contributed by atoms with Gasteiger partial charge in [-0.3, -0.25) is 0 Å². The van der Waals surface area contributed by atoms with Crippen molar-refractivity contribution in [3.05, 3.63) is 0 Å². The number of ether oxygens (including phenoxy) is 2. The number of aliphatic hydroxyl groups excluding tert-OH is 2. The third kappa shape index (κ3) is 6.21. The molecule has 0 aromatic carbocycles. The van der Waals surface area contributed by atoms with Gasteiger partial charge in [0, 0.05) is 0 Å². The second kappa shape index (κ2) is 7.44. The van der Waals surface area contributed by atoms with Crippen LogP contribution in [0.15, 0.2) is 0 Å². The molecule has 0 aromatic heterocycles. The molecule has 7 nitrogen and oxygen atoms in total. The summed E-state index contributed by atoms with van der Waals surface area (Å²) in [5, 5.41) is 22.1. The number of amides is 1. The van der Waals surface area contributed by atoms with E-state index in [1.807, 2.05) is 0 Å². The molecule has 3 N–H and O–H groups in total. The van der Waals surface area contributed by atoms with Crippen molar-refractivity contribution in [3.63, 3.8) is 0 Å². The molecule has 0 aliphatic rings. The Hall–Kier alpha value is -1.34. The van der Waals surface area contributed by atoms with E-state index < -0.39 is 35.9 Å². The van der Waals surface area contributed by atoms with E-state index in [4.69, 9.17) is 4.74 Å². The number of carbonyl (C=O) groups is 2.